The largest absolute Gasteiger partial charge is 0.352 e. The van der Waals surface area contributed by atoms with Crippen LogP contribution in [0.15, 0.2) is 34.6 Å². The number of nitriles is 1. The van der Waals surface area contributed by atoms with Crippen molar-refractivity contribution in [2.45, 2.75) is 6.54 Å². The van der Waals surface area contributed by atoms with E-state index < -0.39 is 0 Å². The Morgan fingerprint density at radius 2 is 2.29 bits per heavy atom. The van der Waals surface area contributed by atoms with Gasteiger partial charge in [0.15, 0.2) is 0 Å². The molecule has 3 rings (SSSR count). The minimum absolute atomic E-state index is 0.119. The Kier molecular flexibility index (Phi) is 3.38. The molecule has 0 saturated heterocycles. The summed E-state index contributed by atoms with van der Waals surface area (Å²) in [7, 11) is 1.85. The molecular weight excluding hydrogens is 286 g/mol. The summed E-state index contributed by atoms with van der Waals surface area (Å²) in [5.74, 6) is 1.29. The lowest BCUT2D eigenvalue weighted by Gasteiger charge is -2.17. The first kappa shape index (κ1) is 13.3. The maximum atomic E-state index is 11.9. The van der Waals surface area contributed by atoms with E-state index in [0.29, 0.717) is 34.0 Å². The predicted octanol–water partition coefficient (Wildman–Crippen LogP) is 1.89. The molecule has 21 heavy (non-hydrogen) atoms. The lowest BCUT2D eigenvalue weighted by Crippen LogP contribution is -2.22. The number of rotatable bonds is 3. The van der Waals surface area contributed by atoms with Crippen LogP contribution < -0.4 is 10.5 Å². The van der Waals surface area contributed by atoms with Crippen molar-refractivity contribution in [3.63, 3.8) is 0 Å². The molecule has 0 atom stereocenters. The summed E-state index contributed by atoms with van der Waals surface area (Å²) in [6, 6.07) is 7.33. The van der Waals surface area contributed by atoms with Gasteiger partial charge < -0.3 is 9.88 Å². The van der Waals surface area contributed by atoms with Gasteiger partial charge in [0.05, 0.1) is 17.6 Å². The number of aromatic nitrogens is 3. The summed E-state index contributed by atoms with van der Waals surface area (Å²) in [6.45, 7) is 0.430. The Morgan fingerprint density at radius 1 is 1.43 bits per heavy atom. The van der Waals surface area contributed by atoms with Crippen molar-refractivity contribution in [3.05, 3.63) is 51.5 Å². The Labute approximate surface area is 124 Å². The molecule has 1 N–H and O–H groups in total. The van der Waals surface area contributed by atoms with Crippen LogP contribution in [0.3, 0.4) is 0 Å². The van der Waals surface area contributed by atoms with E-state index in [1.165, 1.54) is 17.5 Å². The number of nitrogens with zero attached hydrogens (tertiary/aromatic N) is 4. The molecule has 104 valence electrons. The highest BCUT2D eigenvalue weighted by Gasteiger charge is 2.08. The second kappa shape index (κ2) is 5.34. The molecule has 0 unspecified atom stereocenters. The molecule has 0 bridgehead atoms. The maximum absolute atomic E-state index is 11.9. The molecule has 0 spiro atoms. The molecule has 0 amide bonds. The van der Waals surface area contributed by atoms with E-state index in [1.807, 2.05) is 29.5 Å². The van der Waals surface area contributed by atoms with E-state index in [1.54, 1.807) is 12.1 Å². The normalized spacial score (nSPS) is 10.5. The second-order valence-electron chi connectivity index (χ2n) is 4.52. The highest BCUT2D eigenvalue weighted by atomic mass is 32.1. The zero-order valence-corrected chi connectivity index (χ0v) is 12.0. The molecule has 0 fully saturated rings. The summed E-state index contributed by atoms with van der Waals surface area (Å²) in [6.07, 6.45) is 1.52. The van der Waals surface area contributed by atoms with E-state index in [9.17, 15) is 4.79 Å². The first-order valence-electron chi connectivity index (χ1n) is 6.21. The Hall–Kier alpha value is -2.72. The molecule has 3 heterocycles. The maximum Gasteiger partial charge on any atom is 0.268 e. The van der Waals surface area contributed by atoms with Crippen LogP contribution >= 0.6 is 11.3 Å². The topological polar surface area (TPSA) is 85.7 Å². The highest BCUT2D eigenvalue weighted by Crippen LogP contribution is 2.15. The summed E-state index contributed by atoms with van der Waals surface area (Å²) in [5, 5.41) is 10.6. The SMILES string of the molecule is CN(Cc1nc2ccsc2c(=O)[nH]1)c1ccc(C#N)cn1. The van der Waals surface area contributed by atoms with Gasteiger partial charge in [-0.25, -0.2) is 9.97 Å². The number of thiophene rings is 1. The minimum atomic E-state index is -0.119. The van der Waals surface area contributed by atoms with E-state index in [4.69, 9.17) is 5.26 Å². The van der Waals surface area contributed by atoms with Crippen molar-refractivity contribution in [2.75, 3.05) is 11.9 Å². The van der Waals surface area contributed by atoms with Gasteiger partial charge in [-0.2, -0.15) is 5.26 Å². The lowest BCUT2D eigenvalue weighted by molar-refractivity contribution is 0.827. The van der Waals surface area contributed by atoms with Gasteiger partial charge in [-0.1, -0.05) is 0 Å². The van der Waals surface area contributed by atoms with Crippen molar-refractivity contribution in [3.8, 4) is 6.07 Å². The highest BCUT2D eigenvalue weighted by molar-refractivity contribution is 7.17. The van der Waals surface area contributed by atoms with Gasteiger partial charge in [0.2, 0.25) is 0 Å². The van der Waals surface area contributed by atoms with Crippen LogP contribution in [0.5, 0.6) is 0 Å². The quantitative estimate of drug-likeness (QED) is 0.798. The molecule has 0 saturated carbocycles. The average Bonchev–Trinajstić information content (AvgIpc) is 2.96. The minimum Gasteiger partial charge on any atom is -0.352 e. The number of H-pyrrole nitrogens is 1. The number of aromatic amines is 1. The first-order valence-corrected chi connectivity index (χ1v) is 7.09. The number of nitrogens with one attached hydrogen (secondary N) is 1. The smallest absolute Gasteiger partial charge is 0.268 e. The molecule has 0 aliphatic rings. The van der Waals surface area contributed by atoms with E-state index in [0.717, 1.165) is 0 Å². The van der Waals surface area contributed by atoms with E-state index >= 15 is 0 Å². The second-order valence-corrected chi connectivity index (χ2v) is 5.44. The number of hydrogen-bond donors (Lipinski definition) is 1. The number of anilines is 1. The number of fused-ring (bicyclic) bond motifs is 1. The van der Waals surface area contributed by atoms with Crippen molar-refractivity contribution in [2.24, 2.45) is 0 Å². The molecule has 0 aliphatic heterocycles. The number of hydrogen-bond acceptors (Lipinski definition) is 6. The van der Waals surface area contributed by atoms with Crippen LogP contribution in [0.4, 0.5) is 5.82 Å². The van der Waals surface area contributed by atoms with Gasteiger partial charge in [-0.05, 0) is 23.6 Å². The summed E-state index contributed by atoms with van der Waals surface area (Å²) in [5.41, 5.74) is 1.10. The Morgan fingerprint density at radius 3 is 3.00 bits per heavy atom. The third kappa shape index (κ3) is 2.61. The molecule has 0 aliphatic carbocycles. The van der Waals surface area contributed by atoms with E-state index in [2.05, 4.69) is 15.0 Å². The van der Waals surface area contributed by atoms with Crippen molar-refractivity contribution in [1.29, 1.82) is 5.26 Å². The first-order chi connectivity index (χ1) is 10.2. The predicted molar refractivity (Wildman–Crippen MR) is 81.3 cm³/mol. The summed E-state index contributed by atoms with van der Waals surface area (Å²) >= 11 is 1.38. The van der Waals surface area contributed by atoms with Gasteiger partial charge in [0.25, 0.3) is 5.56 Å². The standard InChI is InChI=1S/C14H11N5OS/c1-19(12-3-2-9(6-15)7-16-12)8-11-17-10-4-5-21-13(10)14(20)18-11/h2-5,7H,8H2,1H3,(H,17,18,20). The van der Waals surface area contributed by atoms with Crippen LogP contribution in [0.2, 0.25) is 0 Å². The fraction of sp³-hybridized carbons (Fsp3) is 0.143. The molecule has 0 radical (unpaired) electrons. The van der Waals surface area contributed by atoms with Crippen molar-refractivity contribution < 1.29 is 0 Å². The summed E-state index contributed by atoms with van der Waals surface area (Å²) in [4.78, 5) is 25.2. The number of pyridine rings is 1. The zero-order chi connectivity index (χ0) is 14.8. The van der Waals surface area contributed by atoms with Crippen LogP contribution in [0.25, 0.3) is 10.2 Å². The third-order valence-corrected chi connectivity index (χ3v) is 3.92. The molecular formula is C14H11N5OS. The third-order valence-electron chi connectivity index (χ3n) is 3.02. The molecule has 6 nitrogen and oxygen atoms in total. The fourth-order valence-corrected chi connectivity index (χ4v) is 2.71. The molecule has 0 aromatic carbocycles. The van der Waals surface area contributed by atoms with Crippen molar-refractivity contribution in [1.82, 2.24) is 15.0 Å². The zero-order valence-electron chi connectivity index (χ0n) is 11.2. The van der Waals surface area contributed by atoms with E-state index in [-0.39, 0.29) is 5.56 Å². The van der Waals surface area contributed by atoms with Gasteiger partial charge in [0, 0.05) is 13.2 Å². The van der Waals surface area contributed by atoms with Gasteiger partial charge >= 0.3 is 0 Å². The fourth-order valence-electron chi connectivity index (χ4n) is 1.98. The van der Waals surface area contributed by atoms with Crippen LogP contribution in [0, 0.1) is 11.3 Å². The average molecular weight is 297 g/mol. The van der Waals surface area contributed by atoms with Crippen LogP contribution in [0.1, 0.15) is 11.4 Å². The monoisotopic (exact) mass is 297 g/mol. The molecule has 7 heteroatoms. The summed E-state index contributed by atoms with van der Waals surface area (Å²) < 4.78 is 0.637. The van der Waals surface area contributed by atoms with Crippen LogP contribution in [-0.2, 0) is 6.54 Å². The van der Waals surface area contributed by atoms with Gasteiger partial charge in [-0.15, -0.1) is 11.3 Å². The van der Waals surface area contributed by atoms with Gasteiger partial charge in [0.1, 0.15) is 22.4 Å². The molecule has 3 aromatic heterocycles. The van der Waals surface area contributed by atoms with Crippen molar-refractivity contribution >= 4 is 27.4 Å². The Balaban J connectivity index is 1.86. The Bertz CT molecular complexity index is 875. The van der Waals surface area contributed by atoms with Gasteiger partial charge in [-0.3, -0.25) is 4.79 Å². The molecule has 3 aromatic rings. The lowest BCUT2D eigenvalue weighted by atomic mass is 10.3. The van der Waals surface area contributed by atoms with Crippen LogP contribution in [-0.4, -0.2) is 22.0 Å².